The van der Waals surface area contributed by atoms with Crippen LogP contribution in [0.15, 0.2) is 29.3 Å². The van der Waals surface area contributed by atoms with Crippen LogP contribution in [0.3, 0.4) is 0 Å². The topological polar surface area (TPSA) is 134 Å². The summed E-state index contributed by atoms with van der Waals surface area (Å²) in [7, 11) is -3.94. The van der Waals surface area contributed by atoms with Gasteiger partial charge in [0.05, 0.1) is 52.1 Å². The third-order valence-electron chi connectivity index (χ3n) is 8.81. The molecule has 10 nitrogen and oxygen atoms in total. The minimum absolute atomic E-state index is 0.0159. The molecule has 45 heavy (non-hydrogen) atoms. The standard InChI is InChI=1S/C30H32F3N5O5S2/c1-29(2,40)26-19-10-18(15-3-4-15)21(9-16(19)5-6-34-26)36-28-35-12-20(30(31,32)33)24(37-28)22-11-23-25(44-22)27(39)38(17-13-43-14-17)7-8-45(23,41)42/h9-12,15,17,26,34,40H,3-8,13-14H2,1-2H3,(H,35,36,37)/t26-/m0/s1. The van der Waals surface area contributed by atoms with Crippen molar-refractivity contribution in [2.75, 3.05) is 37.4 Å². The lowest BCUT2D eigenvalue weighted by atomic mass is 9.83. The molecular weight excluding hydrogens is 631 g/mol. The Labute approximate surface area is 261 Å². The fourth-order valence-corrected chi connectivity index (χ4v) is 9.15. The average Bonchev–Trinajstić information content (AvgIpc) is 3.69. The average molecular weight is 664 g/mol. The molecule has 4 aliphatic rings. The Morgan fingerprint density at radius 3 is 2.56 bits per heavy atom. The number of nitrogens with zero attached hydrogens (tertiary/aromatic N) is 3. The van der Waals surface area contributed by atoms with Gasteiger partial charge in [-0.15, -0.1) is 11.3 Å². The maximum Gasteiger partial charge on any atom is 0.420 e. The van der Waals surface area contributed by atoms with Gasteiger partial charge in [-0.2, -0.15) is 13.2 Å². The molecule has 15 heteroatoms. The maximum atomic E-state index is 14.3. The first-order valence-electron chi connectivity index (χ1n) is 14.8. The number of alkyl halides is 3. The zero-order chi connectivity index (χ0) is 31.9. The lowest BCUT2D eigenvalue weighted by molar-refractivity contribution is -0.137. The number of carbonyl (C=O) groups is 1. The van der Waals surface area contributed by atoms with Gasteiger partial charge in [0.2, 0.25) is 5.95 Å². The quantitative estimate of drug-likeness (QED) is 0.350. The molecule has 1 saturated heterocycles. The molecule has 1 amide bonds. The molecule has 240 valence electrons. The van der Waals surface area contributed by atoms with Crippen molar-refractivity contribution in [2.45, 2.75) is 67.8 Å². The Morgan fingerprint density at radius 1 is 1.16 bits per heavy atom. The molecule has 0 spiro atoms. The summed E-state index contributed by atoms with van der Waals surface area (Å²) in [6.07, 6.45) is -1.53. The first-order valence-corrected chi connectivity index (χ1v) is 17.3. The Bertz CT molecular complexity index is 1800. The number of halogens is 3. The highest BCUT2D eigenvalue weighted by molar-refractivity contribution is 7.91. The number of aromatic nitrogens is 2. The minimum Gasteiger partial charge on any atom is -0.388 e. The first kappa shape index (κ1) is 30.5. The highest BCUT2D eigenvalue weighted by Gasteiger charge is 2.41. The summed E-state index contributed by atoms with van der Waals surface area (Å²) < 4.78 is 74.3. The van der Waals surface area contributed by atoms with Crippen LogP contribution in [0.4, 0.5) is 24.8 Å². The molecule has 3 N–H and O–H groups in total. The van der Waals surface area contributed by atoms with Gasteiger partial charge in [0, 0.05) is 18.4 Å². The maximum absolute atomic E-state index is 14.3. The monoisotopic (exact) mass is 663 g/mol. The van der Waals surface area contributed by atoms with E-state index in [1.807, 2.05) is 6.07 Å². The molecule has 0 unspecified atom stereocenters. The summed E-state index contributed by atoms with van der Waals surface area (Å²) in [5.41, 5.74) is 0.998. The van der Waals surface area contributed by atoms with Crippen molar-refractivity contribution in [1.82, 2.24) is 20.2 Å². The van der Waals surface area contributed by atoms with E-state index in [-0.39, 0.29) is 64.1 Å². The van der Waals surface area contributed by atoms with E-state index in [1.54, 1.807) is 13.8 Å². The highest BCUT2D eigenvalue weighted by Crippen LogP contribution is 2.47. The van der Waals surface area contributed by atoms with Crippen LogP contribution in [0.5, 0.6) is 0 Å². The molecule has 2 fully saturated rings. The molecule has 5 heterocycles. The van der Waals surface area contributed by atoms with E-state index in [0.29, 0.717) is 36.2 Å². The van der Waals surface area contributed by atoms with E-state index < -0.39 is 38.8 Å². The molecular formula is C30H32F3N5O5S2. The summed E-state index contributed by atoms with van der Waals surface area (Å²) in [5, 5.41) is 17.3. The van der Waals surface area contributed by atoms with Gasteiger partial charge in [-0.1, -0.05) is 6.07 Å². The zero-order valence-electron chi connectivity index (χ0n) is 24.6. The second-order valence-electron chi connectivity index (χ2n) is 12.6. The van der Waals surface area contributed by atoms with Gasteiger partial charge in [-0.05, 0) is 74.4 Å². The van der Waals surface area contributed by atoms with Crippen LogP contribution >= 0.6 is 11.3 Å². The molecule has 7 rings (SSSR count). The normalized spacial score (nSPS) is 22.0. The van der Waals surface area contributed by atoms with Gasteiger partial charge in [-0.25, -0.2) is 18.4 Å². The lowest BCUT2D eigenvalue weighted by Gasteiger charge is -2.36. The van der Waals surface area contributed by atoms with Crippen LogP contribution in [-0.4, -0.2) is 78.0 Å². The summed E-state index contributed by atoms with van der Waals surface area (Å²) in [6.45, 7) is 4.70. The number of anilines is 2. The molecule has 3 aliphatic heterocycles. The fraction of sp³-hybridized carbons (Fsp3) is 0.500. The number of hydrogen-bond acceptors (Lipinski definition) is 10. The molecule has 1 atom stereocenters. The summed E-state index contributed by atoms with van der Waals surface area (Å²) in [4.78, 5) is 22.7. The first-order chi connectivity index (χ1) is 21.2. The van der Waals surface area contributed by atoms with Crippen LogP contribution in [0.1, 0.15) is 70.6 Å². The Kier molecular flexibility index (Phi) is 7.28. The number of benzene rings is 1. The highest BCUT2D eigenvalue weighted by atomic mass is 32.2. The number of fused-ring (bicyclic) bond motifs is 2. The number of rotatable bonds is 6. The molecule has 1 aliphatic carbocycles. The second kappa shape index (κ2) is 10.7. The smallest absolute Gasteiger partial charge is 0.388 e. The SMILES string of the molecule is CC(C)(O)[C@H]1NCCc2cc(Nc3ncc(C(F)(F)F)c(-c4cc5c(s4)C(=O)N(C4COC4)CCS5(=O)=O)n3)c(C3CC3)cc21. The fourth-order valence-electron chi connectivity index (χ4n) is 6.24. The van der Waals surface area contributed by atoms with Crippen molar-refractivity contribution in [2.24, 2.45) is 0 Å². The van der Waals surface area contributed by atoms with Gasteiger partial charge in [-0.3, -0.25) is 4.79 Å². The molecule has 0 bridgehead atoms. The number of thiophene rings is 1. The van der Waals surface area contributed by atoms with Gasteiger partial charge in [0.15, 0.2) is 9.84 Å². The van der Waals surface area contributed by atoms with Crippen molar-refractivity contribution in [3.63, 3.8) is 0 Å². The van der Waals surface area contributed by atoms with Crippen LogP contribution in [0.2, 0.25) is 0 Å². The zero-order valence-corrected chi connectivity index (χ0v) is 26.2. The molecule has 3 aromatic rings. The van der Waals surface area contributed by atoms with E-state index in [2.05, 4.69) is 26.7 Å². The van der Waals surface area contributed by atoms with Crippen molar-refractivity contribution < 1.29 is 36.2 Å². The second-order valence-corrected chi connectivity index (χ2v) is 15.7. The largest absolute Gasteiger partial charge is 0.420 e. The predicted molar refractivity (Wildman–Crippen MR) is 160 cm³/mol. The molecule has 2 aromatic heterocycles. The number of ether oxygens (including phenoxy) is 1. The van der Waals surface area contributed by atoms with E-state index in [4.69, 9.17) is 4.74 Å². The number of amides is 1. The Balaban J connectivity index is 1.30. The van der Waals surface area contributed by atoms with E-state index in [1.165, 1.54) is 4.90 Å². The van der Waals surface area contributed by atoms with Crippen LogP contribution in [0, 0.1) is 0 Å². The van der Waals surface area contributed by atoms with Crippen LogP contribution < -0.4 is 10.6 Å². The van der Waals surface area contributed by atoms with Crippen molar-refractivity contribution in [3.8, 4) is 10.6 Å². The van der Waals surface area contributed by atoms with Crippen LogP contribution in [-0.2, 0) is 27.2 Å². The van der Waals surface area contributed by atoms with Crippen LogP contribution in [0.25, 0.3) is 10.6 Å². The minimum atomic E-state index is -4.84. The van der Waals surface area contributed by atoms with Crippen molar-refractivity contribution in [3.05, 3.63) is 51.5 Å². The van der Waals surface area contributed by atoms with E-state index in [9.17, 15) is 31.5 Å². The van der Waals surface area contributed by atoms with Gasteiger partial charge < -0.3 is 25.4 Å². The summed E-state index contributed by atoms with van der Waals surface area (Å²) in [6, 6.07) is 4.59. The molecule has 1 aromatic carbocycles. The third kappa shape index (κ3) is 5.62. The van der Waals surface area contributed by atoms with Gasteiger partial charge >= 0.3 is 6.18 Å². The van der Waals surface area contributed by atoms with Gasteiger partial charge in [0.25, 0.3) is 5.91 Å². The Hall–Kier alpha value is -3.11. The summed E-state index contributed by atoms with van der Waals surface area (Å²) in [5.74, 6) is -0.713. The number of sulfone groups is 1. The number of carbonyl (C=O) groups excluding carboxylic acids is 1. The lowest BCUT2D eigenvalue weighted by Crippen LogP contribution is -2.52. The van der Waals surface area contributed by atoms with E-state index in [0.717, 1.165) is 35.6 Å². The van der Waals surface area contributed by atoms with Crippen molar-refractivity contribution >= 4 is 38.7 Å². The molecule has 0 radical (unpaired) electrons. The summed E-state index contributed by atoms with van der Waals surface area (Å²) >= 11 is 0.692. The van der Waals surface area contributed by atoms with Gasteiger partial charge in [0.1, 0.15) is 10.4 Å². The van der Waals surface area contributed by atoms with Crippen molar-refractivity contribution in [1.29, 1.82) is 0 Å². The number of hydrogen-bond donors (Lipinski definition) is 3. The predicted octanol–water partition coefficient (Wildman–Crippen LogP) is 4.43. The molecule has 1 saturated carbocycles. The Morgan fingerprint density at radius 2 is 1.91 bits per heavy atom. The number of aliphatic hydroxyl groups is 1. The third-order valence-corrected chi connectivity index (χ3v) is 11.8. The number of nitrogens with one attached hydrogen (secondary N) is 2. The van der Waals surface area contributed by atoms with E-state index >= 15 is 0 Å².